The number of carboxylic acids is 1. The number of aliphatic carboxylic acids is 1. The smallest absolute Gasteiger partial charge is 0.341 e. The Morgan fingerprint density at radius 1 is 1.41 bits per heavy atom. The summed E-state index contributed by atoms with van der Waals surface area (Å²) in [6, 6.07) is -0.402. The third-order valence-corrected chi connectivity index (χ3v) is 2.49. The first-order valence-electron chi connectivity index (χ1n) is 5.63. The molecule has 0 aliphatic carbocycles. The maximum absolute atomic E-state index is 11.5. The summed E-state index contributed by atoms with van der Waals surface area (Å²) >= 11 is 0. The summed E-state index contributed by atoms with van der Waals surface area (Å²) in [5, 5.41) is 8.32. The molecule has 0 saturated carbocycles. The lowest BCUT2D eigenvalue weighted by Crippen LogP contribution is -2.46. The minimum atomic E-state index is -1.12. The molecule has 7 nitrogen and oxygen atoms in total. The maximum Gasteiger partial charge on any atom is 0.341 e. The van der Waals surface area contributed by atoms with Crippen molar-refractivity contribution in [2.45, 2.75) is 25.9 Å². The van der Waals surface area contributed by atoms with Crippen molar-refractivity contribution in [3.63, 3.8) is 0 Å². The fourth-order valence-electron chi connectivity index (χ4n) is 1.69. The van der Waals surface area contributed by atoms with Gasteiger partial charge in [0, 0.05) is 19.7 Å². The number of carbonyl (C=O) groups excluding carboxylic acids is 1. The maximum atomic E-state index is 11.5. The highest BCUT2D eigenvalue weighted by Gasteiger charge is 2.22. The van der Waals surface area contributed by atoms with E-state index in [2.05, 4.69) is 10.3 Å². The number of nitrogens with zero attached hydrogens (tertiary/aromatic N) is 1. The molecule has 0 radical (unpaired) electrons. The van der Waals surface area contributed by atoms with E-state index in [1.165, 1.54) is 0 Å². The second-order valence-electron chi connectivity index (χ2n) is 3.73. The third-order valence-electron chi connectivity index (χ3n) is 2.49. The molecule has 0 aromatic carbocycles. The molecule has 1 heterocycles. The summed E-state index contributed by atoms with van der Waals surface area (Å²) in [5.74, 6) is -1.12. The minimum Gasteiger partial charge on any atom is -0.479 e. The van der Waals surface area contributed by atoms with E-state index < -0.39 is 18.6 Å². The number of piperidine rings is 1. The molecule has 0 aromatic rings. The lowest BCUT2D eigenvalue weighted by atomic mass is 10.1. The number of urea groups is 1. The number of likely N-dealkylation sites (tertiary alicyclic amines) is 1. The summed E-state index contributed by atoms with van der Waals surface area (Å²) < 4.78 is 5.46. The molecule has 17 heavy (non-hydrogen) atoms. The van der Waals surface area contributed by atoms with Crippen LogP contribution in [0, 0.1) is 0 Å². The molecule has 0 spiro atoms. The van der Waals surface area contributed by atoms with Gasteiger partial charge in [0.2, 0.25) is 0 Å². The molecule has 2 amide bonds. The van der Waals surface area contributed by atoms with Crippen molar-refractivity contribution in [3.05, 3.63) is 0 Å². The lowest BCUT2D eigenvalue weighted by molar-refractivity contribution is -0.144. The molecule has 0 unspecified atom stereocenters. The van der Waals surface area contributed by atoms with Crippen LogP contribution in [-0.2, 0) is 14.4 Å². The minimum absolute atomic E-state index is 0.212. The van der Waals surface area contributed by atoms with Crippen LogP contribution >= 0.6 is 0 Å². The van der Waals surface area contributed by atoms with Crippen LogP contribution in [0.4, 0.5) is 4.79 Å². The van der Waals surface area contributed by atoms with Crippen molar-refractivity contribution in [2.24, 2.45) is 0 Å². The van der Waals surface area contributed by atoms with Gasteiger partial charge in [-0.2, -0.15) is 0 Å². The van der Waals surface area contributed by atoms with Gasteiger partial charge in [-0.15, -0.1) is 0 Å². The zero-order valence-corrected chi connectivity index (χ0v) is 9.85. The van der Waals surface area contributed by atoms with Crippen molar-refractivity contribution < 1.29 is 24.3 Å². The first-order chi connectivity index (χ1) is 8.13. The number of rotatable bonds is 5. The van der Waals surface area contributed by atoms with Gasteiger partial charge in [-0.3, -0.25) is 4.84 Å². The molecule has 1 rings (SSSR count). The van der Waals surface area contributed by atoms with E-state index in [-0.39, 0.29) is 6.10 Å². The number of carboxylic acid groups (broad SMARTS) is 1. The van der Waals surface area contributed by atoms with Gasteiger partial charge in [-0.1, -0.05) is 0 Å². The Labute approximate surface area is 99.6 Å². The van der Waals surface area contributed by atoms with Gasteiger partial charge in [0.1, 0.15) is 0 Å². The Morgan fingerprint density at radius 3 is 2.59 bits per heavy atom. The topological polar surface area (TPSA) is 88.1 Å². The normalized spacial score (nSPS) is 16.9. The van der Waals surface area contributed by atoms with E-state index in [1.54, 1.807) is 4.90 Å². The van der Waals surface area contributed by atoms with E-state index in [0.717, 1.165) is 12.8 Å². The highest BCUT2D eigenvalue weighted by atomic mass is 16.7. The van der Waals surface area contributed by atoms with Crippen LogP contribution in [0.2, 0.25) is 0 Å². The molecule has 1 fully saturated rings. The average Bonchev–Trinajstić information content (AvgIpc) is 2.30. The number of hydroxylamine groups is 1. The molecular formula is C10H18N2O5. The van der Waals surface area contributed by atoms with E-state index in [9.17, 15) is 9.59 Å². The molecular weight excluding hydrogens is 228 g/mol. The molecule has 0 aromatic heterocycles. The van der Waals surface area contributed by atoms with Crippen LogP contribution in [0.5, 0.6) is 0 Å². The number of nitrogens with one attached hydrogen (secondary N) is 1. The van der Waals surface area contributed by atoms with E-state index in [4.69, 9.17) is 9.84 Å². The fourth-order valence-corrected chi connectivity index (χ4v) is 1.69. The molecule has 2 N–H and O–H groups in total. The zero-order valence-electron chi connectivity index (χ0n) is 9.85. The number of amides is 2. The molecule has 1 aliphatic heterocycles. The molecule has 0 atom stereocenters. The van der Waals surface area contributed by atoms with Crippen molar-refractivity contribution >= 4 is 12.0 Å². The van der Waals surface area contributed by atoms with Gasteiger partial charge >= 0.3 is 12.0 Å². The van der Waals surface area contributed by atoms with Gasteiger partial charge in [0.15, 0.2) is 6.61 Å². The van der Waals surface area contributed by atoms with Gasteiger partial charge < -0.3 is 14.7 Å². The summed E-state index contributed by atoms with van der Waals surface area (Å²) in [6.07, 6.45) is 1.80. The Kier molecular flexibility index (Phi) is 5.71. The van der Waals surface area contributed by atoms with Crippen LogP contribution in [0.25, 0.3) is 0 Å². The van der Waals surface area contributed by atoms with Crippen LogP contribution in [-0.4, -0.2) is 54.4 Å². The monoisotopic (exact) mass is 246 g/mol. The summed E-state index contributed by atoms with van der Waals surface area (Å²) in [4.78, 5) is 27.8. The van der Waals surface area contributed by atoms with Crippen molar-refractivity contribution in [1.29, 1.82) is 0 Å². The Balaban J connectivity index is 2.19. The predicted octanol–water partition coefficient (Wildman–Crippen LogP) is 0.213. The average molecular weight is 246 g/mol. The summed E-state index contributed by atoms with van der Waals surface area (Å²) in [7, 11) is 0. The SMILES string of the molecule is CCOC1CCN(C(=O)NOCC(=O)O)CC1. The Hall–Kier alpha value is -1.34. The first kappa shape index (κ1) is 13.7. The van der Waals surface area contributed by atoms with E-state index in [1.807, 2.05) is 6.92 Å². The molecule has 1 saturated heterocycles. The molecule has 1 aliphatic rings. The zero-order chi connectivity index (χ0) is 12.7. The van der Waals surface area contributed by atoms with Crippen LogP contribution in [0.1, 0.15) is 19.8 Å². The third kappa shape index (κ3) is 5.01. The second kappa shape index (κ2) is 7.08. The van der Waals surface area contributed by atoms with Gasteiger partial charge in [0.05, 0.1) is 6.10 Å². The fraction of sp³-hybridized carbons (Fsp3) is 0.800. The van der Waals surface area contributed by atoms with Crippen molar-refractivity contribution in [3.8, 4) is 0 Å². The van der Waals surface area contributed by atoms with Gasteiger partial charge in [-0.25, -0.2) is 15.1 Å². The number of hydrogen-bond acceptors (Lipinski definition) is 4. The first-order valence-corrected chi connectivity index (χ1v) is 5.63. The Bertz CT molecular complexity index is 263. The quantitative estimate of drug-likeness (QED) is 0.677. The van der Waals surface area contributed by atoms with Crippen LogP contribution < -0.4 is 5.48 Å². The molecule has 7 heteroatoms. The van der Waals surface area contributed by atoms with E-state index >= 15 is 0 Å². The molecule has 98 valence electrons. The van der Waals surface area contributed by atoms with Crippen molar-refractivity contribution in [2.75, 3.05) is 26.3 Å². The number of hydrogen-bond donors (Lipinski definition) is 2. The highest BCUT2D eigenvalue weighted by molar-refractivity contribution is 5.73. The predicted molar refractivity (Wildman–Crippen MR) is 58.3 cm³/mol. The van der Waals surface area contributed by atoms with Crippen molar-refractivity contribution in [1.82, 2.24) is 10.4 Å². The van der Waals surface area contributed by atoms with Gasteiger partial charge in [-0.05, 0) is 19.8 Å². The number of carbonyl (C=O) groups is 2. The summed E-state index contributed by atoms with van der Waals surface area (Å²) in [6.45, 7) is 3.26. The second-order valence-corrected chi connectivity index (χ2v) is 3.73. The lowest BCUT2D eigenvalue weighted by Gasteiger charge is -2.31. The largest absolute Gasteiger partial charge is 0.479 e. The van der Waals surface area contributed by atoms with Gasteiger partial charge in [0.25, 0.3) is 0 Å². The number of ether oxygens (including phenoxy) is 1. The standard InChI is InChI=1S/C10H18N2O5/c1-2-16-8-3-5-12(6-4-8)10(15)11-17-7-9(13)14/h8H,2-7H2,1H3,(H,11,15)(H,13,14). The van der Waals surface area contributed by atoms with Crippen LogP contribution in [0.3, 0.4) is 0 Å². The summed E-state index contributed by atoms with van der Waals surface area (Å²) in [5.41, 5.74) is 2.10. The molecule has 0 bridgehead atoms. The highest BCUT2D eigenvalue weighted by Crippen LogP contribution is 2.13. The Morgan fingerprint density at radius 2 is 2.06 bits per heavy atom. The van der Waals surface area contributed by atoms with Crippen LogP contribution in [0.15, 0.2) is 0 Å². The van der Waals surface area contributed by atoms with E-state index in [0.29, 0.717) is 19.7 Å².